The number of benzene rings is 1. The summed E-state index contributed by atoms with van der Waals surface area (Å²) in [5.41, 5.74) is 6.62. The zero-order valence-electron chi connectivity index (χ0n) is 8.16. The maximum Gasteiger partial charge on any atom is 0.248 e. The summed E-state index contributed by atoms with van der Waals surface area (Å²) in [6.07, 6.45) is 3.99. The highest BCUT2D eigenvalue weighted by Gasteiger charge is 1.98. The van der Waals surface area contributed by atoms with Crippen LogP contribution < -0.4 is 11.1 Å². The Morgan fingerprint density at radius 1 is 1.43 bits per heavy atom. The van der Waals surface area contributed by atoms with E-state index in [2.05, 4.69) is 5.32 Å². The summed E-state index contributed by atoms with van der Waals surface area (Å²) < 4.78 is 0. The smallest absolute Gasteiger partial charge is 0.248 e. The van der Waals surface area contributed by atoms with Gasteiger partial charge in [-0.25, -0.2) is 0 Å². The molecule has 1 amide bonds. The second-order valence-electron chi connectivity index (χ2n) is 2.89. The average Bonchev–Trinajstić information content (AvgIpc) is 2.19. The van der Waals surface area contributed by atoms with Crippen molar-refractivity contribution in [1.82, 2.24) is 0 Å². The van der Waals surface area contributed by atoms with E-state index < -0.39 is 5.91 Å². The number of amides is 1. The number of hydrogen-bond acceptors (Lipinski definition) is 2. The van der Waals surface area contributed by atoms with E-state index in [1.54, 1.807) is 12.1 Å². The molecule has 0 spiro atoms. The highest BCUT2D eigenvalue weighted by molar-refractivity contribution is 5.93. The number of anilines is 1. The molecule has 3 nitrogen and oxygen atoms in total. The van der Waals surface area contributed by atoms with Crippen molar-refractivity contribution in [2.75, 3.05) is 11.9 Å². The minimum atomic E-state index is -0.398. The average molecular weight is 190 g/mol. The predicted molar refractivity (Wildman–Crippen MR) is 58.3 cm³/mol. The largest absolute Gasteiger partial charge is 0.382 e. The summed E-state index contributed by atoms with van der Waals surface area (Å²) in [6.45, 7) is 2.75. The SMILES string of the molecule is C/C=C/CNc1ccc(C(N)=O)cc1. The molecule has 3 heteroatoms. The van der Waals surface area contributed by atoms with E-state index in [9.17, 15) is 4.79 Å². The molecule has 74 valence electrons. The Morgan fingerprint density at radius 3 is 2.57 bits per heavy atom. The quantitative estimate of drug-likeness (QED) is 0.711. The lowest BCUT2D eigenvalue weighted by Crippen LogP contribution is -2.10. The number of carbonyl (C=O) groups excluding carboxylic acids is 1. The molecule has 0 saturated heterocycles. The lowest BCUT2D eigenvalue weighted by atomic mass is 10.2. The van der Waals surface area contributed by atoms with Gasteiger partial charge in [0.15, 0.2) is 0 Å². The van der Waals surface area contributed by atoms with Gasteiger partial charge < -0.3 is 11.1 Å². The Labute approximate surface area is 83.6 Å². The van der Waals surface area contributed by atoms with Gasteiger partial charge in [-0.3, -0.25) is 4.79 Å². The van der Waals surface area contributed by atoms with E-state index in [-0.39, 0.29) is 0 Å². The molecule has 0 aromatic heterocycles. The Morgan fingerprint density at radius 2 is 2.07 bits per heavy atom. The van der Waals surface area contributed by atoms with Crippen molar-refractivity contribution < 1.29 is 4.79 Å². The standard InChI is InChI=1S/C11H14N2O/c1-2-3-8-13-10-6-4-9(5-7-10)11(12)14/h2-7,13H,8H2,1H3,(H2,12,14)/b3-2+. The molecular weight excluding hydrogens is 176 g/mol. The Balaban J connectivity index is 2.59. The van der Waals surface area contributed by atoms with E-state index in [1.165, 1.54) is 0 Å². The van der Waals surface area contributed by atoms with Gasteiger partial charge in [0.25, 0.3) is 0 Å². The van der Waals surface area contributed by atoms with Crippen molar-refractivity contribution in [1.29, 1.82) is 0 Å². The van der Waals surface area contributed by atoms with Crippen LogP contribution in [0.25, 0.3) is 0 Å². The predicted octanol–water partition coefficient (Wildman–Crippen LogP) is 1.77. The fraction of sp³-hybridized carbons (Fsp3) is 0.182. The van der Waals surface area contributed by atoms with Crippen molar-refractivity contribution in [3.8, 4) is 0 Å². The molecule has 1 aromatic carbocycles. The van der Waals surface area contributed by atoms with Gasteiger partial charge in [0, 0.05) is 17.8 Å². The van der Waals surface area contributed by atoms with Crippen LogP contribution in [0.2, 0.25) is 0 Å². The maximum atomic E-state index is 10.8. The first-order chi connectivity index (χ1) is 6.74. The molecule has 0 saturated carbocycles. The third kappa shape index (κ3) is 2.94. The minimum Gasteiger partial charge on any atom is -0.382 e. The normalized spacial score (nSPS) is 10.4. The van der Waals surface area contributed by atoms with Crippen LogP contribution in [0.3, 0.4) is 0 Å². The summed E-state index contributed by atoms with van der Waals surface area (Å²) in [5.74, 6) is -0.398. The number of carbonyl (C=O) groups is 1. The monoisotopic (exact) mass is 190 g/mol. The molecule has 0 aliphatic heterocycles. The van der Waals surface area contributed by atoms with Crippen LogP contribution >= 0.6 is 0 Å². The first kappa shape index (κ1) is 10.3. The van der Waals surface area contributed by atoms with Gasteiger partial charge in [0.1, 0.15) is 0 Å². The highest BCUT2D eigenvalue weighted by Crippen LogP contribution is 2.08. The van der Waals surface area contributed by atoms with E-state index >= 15 is 0 Å². The van der Waals surface area contributed by atoms with Gasteiger partial charge in [-0.05, 0) is 31.2 Å². The van der Waals surface area contributed by atoms with E-state index in [1.807, 2.05) is 31.2 Å². The third-order valence-corrected chi connectivity index (χ3v) is 1.83. The third-order valence-electron chi connectivity index (χ3n) is 1.83. The molecule has 0 bridgehead atoms. The summed E-state index contributed by atoms with van der Waals surface area (Å²) in [7, 11) is 0. The molecule has 14 heavy (non-hydrogen) atoms. The molecule has 0 fully saturated rings. The Bertz CT molecular complexity index is 328. The van der Waals surface area contributed by atoms with Crippen LogP contribution in [-0.2, 0) is 0 Å². The Kier molecular flexibility index (Phi) is 3.73. The fourth-order valence-electron chi connectivity index (χ4n) is 1.05. The molecule has 0 atom stereocenters. The molecular formula is C11H14N2O. The number of nitrogens with one attached hydrogen (secondary N) is 1. The van der Waals surface area contributed by atoms with Gasteiger partial charge in [0.05, 0.1) is 0 Å². The van der Waals surface area contributed by atoms with Crippen LogP contribution in [0.15, 0.2) is 36.4 Å². The topological polar surface area (TPSA) is 55.1 Å². The molecule has 3 N–H and O–H groups in total. The van der Waals surface area contributed by atoms with E-state index in [0.717, 1.165) is 12.2 Å². The number of nitrogens with two attached hydrogens (primary N) is 1. The molecule has 0 heterocycles. The van der Waals surface area contributed by atoms with Crippen LogP contribution in [-0.4, -0.2) is 12.5 Å². The number of hydrogen-bond donors (Lipinski definition) is 2. The molecule has 0 unspecified atom stereocenters. The van der Waals surface area contributed by atoms with Crippen molar-refractivity contribution in [2.45, 2.75) is 6.92 Å². The van der Waals surface area contributed by atoms with Crippen LogP contribution in [0.5, 0.6) is 0 Å². The highest BCUT2D eigenvalue weighted by atomic mass is 16.1. The molecule has 1 aromatic rings. The van der Waals surface area contributed by atoms with Crippen molar-refractivity contribution in [3.05, 3.63) is 42.0 Å². The zero-order valence-corrected chi connectivity index (χ0v) is 8.16. The first-order valence-electron chi connectivity index (χ1n) is 4.49. The number of primary amides is 1. The summed E-state index contributed by atoms with van der Waals surface area (Å²) >= 11 is 0. The molecule has 0 aliphatic rings. The zero-order chi connectivity index (χ0) is 10.4. The molecule has 0 radical (unpaired) electrons. The van der Waals surface area contributed by atoms with Gasteiger partial charge in [-0.2, -0.15) is 0 Å². The van der Waals surface area contributed by atoms with Gasteiger partial charge in [-0.15, -0.1) is 0 Å². The van der Waals surface area contributed by atoms with Crippen LogP contribution in [0.4, 0.5) is 5.69 Å². The lowest BCUT2D eigenvalue weighted by Gasteiger charge is -2.03. The molecule has 0 aliphatic carbocycles. The lowest BCUT2D eigenvalue weighted by molar-refractivity contribution is 0.100. The summed E-state index contributed by atoms with van der Waals surface area (Å²) in [6, 6.07) is 7.09. The maximum absolute atomic E-state index is 10.8. The second kappa shape index (κ2) is 5.07. The van der Waals surface area contributed by atoms with E-state index in [4.69, 9.17) is 5.73 Å². The minimum absolute atomic E-state index is 0.398. The van der Waals surface area contributed by atoms with Gasteiger partial charge in [0.2, 0.25) is 5.91 Å². The molecule has 1 rings (SSSR count). The van der Waals surface area contributed by atoms with Crippen molar-refractivity contribution in [2.24, 2.45) is 5.73 Å². The summed E-state index contributed by atoms with van der Waals surface area (Å²) in [5, 5.41) is 3.17. The fourth-order valence-corrected chi connectivity index (χ4v) is 1.05. The Hall–Kier alpha value is -1.77. The van der Waals surface area contributed by atoms with Crippen LogP contribution in [0.1, 0.15) is 17.3 Å². The van der Waals surface area contributed by atoms with Crippen molar-refractivity contribution >= 4 is 11.6 Å². The first-order valence-corrected chi connectivity index (χ1v) is 4.49. The second-order valence-corrected chi connectivity index (χ2v) is 2.89. The number of allylic oxidation sites excluding steroid dienone is 1. The van der Waals surface area contributed by atoms with Crippen molar-refractivity contribution in [3.63, 3.8) is 0 Å². The van der Waals surface area contributed by atoms with Gasteiger partial charge in [-0.1, -0.05) is 12.2 Å². The summed E-state index contributed by atoms with van der Waals surface area (Å²) in [4.78, 5) is 10.8. The number of rotatable bonds is 4. The van der Waals surface area contributed by atoms with Crippen LogP contribution in [0, 0.1) is 0 Å². The van der Waals surface area contributed by atoms with E-state index in [0.29, 0.717) is 5.56 Å². The van der Waals surface area contributed by atoms with Gasteiger partial charge >= 0.3 is 0 Å².